The third kappa shape index (κ3) is 4.03. The van der Waals surface area contributed by atoms with Gasteiger partial charge >= 0.3 is 5.97 Å². The Balaban J connectivity index is 2.30. The minimum absolute atomic E-state index is 0.0275. The molecular formula is C17H19NO5. The molecule has 0 bridgehead atoms. The smallest absolute Gasteiger partial charge is 0.318 e. The largest absolute Gasteiger partial charge is 0.459 e. The molecule has 0 fully saturated rings. The number of hydrogen-bond donors (Lipinski definition) is 0. The van der Waals surface area contributed by atoms with Gasteiger partial charge in [0.25, 0.3) is 5.69 Å². The second-order valence-corrected chi connectivity index (χ2v) is 6.51. The maximum atomic E-state index is 12.4. The highest BCUT2D eigenvalue weighted by Gasteiger charge is 2.39. The quantitative estimate of drug-likeness (QED) is 0.370. The van der Waals surface area contributed by atoms with Gasteiger partial charge in [-0.25, -0.2) is 0 Å². The van der Waals surface area contributed by atoms with E-state index in [1.807, 2.05) is 0 Å². The van der Waals surface area contributed by atoms with Gasteiger partial charge in [-0.1, -0.05) is 18.2 Å². The van der Waals surface area contributed by atoms with Crippen LogP contribution in [0.15, 0.2) is 36.4 Å². The summed E-state index contributed by atoms with van der Waals surface area (Å²) in [6, 6.07) is 5.94. The fourth-order valence-electron chi connectivity index (χ4n) is 2.59. The monoisotopic (exact) mass is 317 g/mol. The van der Waals surface area contributed by atoms with Crippen molar-refractivity contribution in [1.29, 1.82) is 0 Å². The van der Waals surface area contributed by atoms with Crippen LogP contribution in [0.25, 0.3) is 0 Å². The Labute approximate surface area is 134 Å². The third-order valence-corrected chi connectivity index (χ3v) is 3.57. The summed E-state index contributed by atoms with van der Waals surface area (Å²) in [4.78, 5) is 34.8. The van der Waals surface area contributed by atoms with Crippen molar-refractivity contribution >= 4 is 17.4 Å². The van der Waals surface area contributed by atoms with Gasteiger partial charge in [0.15, 0.2) is 5.78 Å². The summed E-state index contributed by atoms with van der Waals surface area (Å²) in [6.07, 6.45) is 3.62. The molecule has 0 unspecified atom stereocenters. The Morgan fingerprint density at radius 1 is 1.26 bits per heavy atom. The molecule has 1 aliphatic carbocycles. The lowest BCUT2D eigenvalue weighted by Gasteiger charge is -2.29. The highest BCUT2D eigenvalue weighted by Crippen LogP contribution is 2.35. The molecule has 1 aromatic rings. The second kappa shape index (κ2) is 6.32. The number of hydrogen-bond acceptors (Lipinski definition) is 5. The standard InChI is InChI=1S/C17H19NO5/c1-17(2,3)23-16(20)15-13(5-4-6-14(15)19)11-7-9-12(10-8-11)18(21)22/h4,6-10,13,15H,5H2,1-3H3/t13-,15-/m0/s1. The number of rotatable bonds is 3. The summed E-state index contributed by atoms with van der Waals surface area (Å²) in [5.41, 5.74) is 0.00264. The third-order valence-electron chi connectivity index (χ3n) is 3.57. The molecule has 1 aromatic carbocycles. The maximum absolute atomic E-state index is 12.4. The lowest BCUT2D eigenvalue weighted by molar-refractivity contribution is -0.384. The Morgan fingerprint density at radius 2 is 1.87 bits per heavy atom. The number of allylic oxidation sites excluding steroid dienone is 2. The molecule has 0 radical (unpaired) electrons. The van der Waals surface area contributed by atoms with Crippen LogP contribution >= 0.6 is 0 Å². The van der Waals surface area contributed by atoms with Crippen molar-refractivity contribution in [3.8, 4) is 0 Å². The highest BCUT2D eigenvalue weighted by atomic mass is 16.6. The molecule has 6 heteroatoms. The molecular weight excluding hydrogens is 298 g/mol. The zero-order chi connectivity index (χ0) is 17.2. The molecule has 2 rings (SSSR count). The number of nitro groups is 1. The van der Waals surface area contributed by atoms with E-state index in [9.17, 15) is 19.7 Å². The lowest BCUT2D eigenvalue weighted by atomic mass is 9.77. The zero-order valence-corrected chi connectivity index (χ0v) is 13.3. The molecule has 0 N–H and O–H groups in total. The molecule has 0 spiro atoms. The van der Waals surface area contributed by atoms with Crippen molar-refractivity contribution in [3.05, 3.63) is 52.1 Å². The predicted octanol–water partition coefficient (Wildman–Crippen LogP) is 3.17. The molecule has 23 heavy (non-hydrogen) atoms. The molecule has 0 aromatic heterocycles. The normalized spacial score (nSPS) is 21.1. The van der Waals surface area contributed by atoms with E-state index in [4.69, 9.17) is 4.74 Å². The van der Waals surface area contributed by atoms with E-state index in [0.29, 0.717) is 12.0 Å². The van der Waals surface area contributed by atoms with Gasteiger partial charge in [-0.3, -0.25) is 19.7 Å². The van der Waals surface area contributed by atoms with E-state index in [1.165, 1.54) is 18.2 Å². The minimum atomic E-state index is -0.916. The number of carbonyl (C=O) groups excluding carboxylic acids is 2. The van der Waals surface area contributed by atoms with Gasteiger partial charge < -0.3 is 4.74 Å². The number of non-ortho nitro benzene ring substituents is 1. The van der Waals surface area contributed by atoms with E-state index < -0.39 is 22.4 Å². The van der Waals surface area contributed by atoms with Crippen LogP contribution in [-0.2, 0) is 14.3 Å². The fourth-order valence-corrected chi connectivity index (χ4v) is 2.59. The van der Waals surface area contributed by atoms with Crippen molar-refractivity contribution in [2.45, 2.75) is 38.7 Å². The fraction of sp³-hybridized carbons (Fsp3) is 0.412. The molecule has 0 saturated carbocycles. The Hall–Kier alpha value is -2.50. The van der Waals surface area contributed by atoms with Crippen molar-refractivity contribution in [1.82, 2.24) is 0 Å². The second-order valence-electron chi connectivity index (χ2n) is 6.51. The molecule has 0 amide bonds. The number of nitrogens with zero attached hydrogens (tertiary/aromatic N) is 1. The molecule has 6 nitrogen and oxygen atoms in total. The average molecular weight is 317 g/mol. The number of benzene rings is 1. The van der Waals surface area contributed by atoms with Crippen LogP contribution < -0.4 is 0 Å². The summed E-state index contributed by atoms with van der Waals surface area (Å²) in [5.74, 6) is -2.15. The van der Waals surface area contributed by atoms with Crippen LogP contribution in [0.1, 0.15) is 38.7 Å². The van der Waals surface area contributed by atoms with Crippen molar-refractivity contribution < 1.29 is 19.2 Å². The summed E-state index contributed by atoms with van der Waals surface area (Å²) >= 11 is 0. The van der Waals surface area contributed by atoms with Crippen molar-refractivity contribution in [3.63, 3.8) is 0 Å². The molecule has 0 heterocycles. The number of nitro benzene ring substituents is 1. The SMILES string of the molecule is CC(C)(C)OC(=O)[C@@H]1C(=O)C=CC[C@H]1c1ccc([N+](=O)[O-])cc1. The Morgan fingerprint density at radius 3 is 2.39 bits per heavy atom. The number of carbonyl (C=O) groups is 2. The first-order valence-electron chi connectivity index (χ1n) is 7.36. The number of ketones is 1. The summed E-state index contributed by atoms with van der Waals surface area (Å²) in [7, 11) is 0. The van der Waals surface area contributed by atoms with E-state index in [1.54, 1.807) is 39.0 Å². The minimum Gasteiger partial charge on any atom is -0.459 e. The summed E-state index contributed by atoms with van der Waals surface area (Å²) in [5, 5.41) is 10.7. The van der Waals surface area contributed by atoms with Crippen molar-refractivity contribution in [2.24, 2.45) is 5.92 Å². The van der Waals surface area contributed by atoms with Crippen LogP contribution in [0, 0.1) is 16.0 Å². The summed E-state index contributed by atoms with van der Waals surface area (Å²) in [6.45, 7) is 5.23. The summed E-state index contributed by atoms with van der Waals surface area (Å²) < 4.78 is 5.36. The van der Waals surface area contributed by atoms with Gasteiger partial charge in [0.1, 0.15) is 11.5 Å². The van der Waals surface area contributed by atoms with E-state index in [0.717, 1.165) is 0 Å². The van der Waals surface area contributed by atoms with Gasteiger partial charge in [-0.15, -0.1) is 0 Å². The molecule has 122 valence electrons. The van der Waals surface area contributed by atoms with E-state index in [-0.39, 0.29) is 17.4 Å². The van der Waals surface area contributed by atoms with Gasteiger partial charge in [-0.2, -0.15) is 0 Å². The van der Waals surface area contributed by atoms with Crippen LogP contribution in [-0.4, -0.2) is 22.3 Å². The van der Waals surface area contributed by atoms with Crippen LogP contribution in [0.3, 0.4) is 0 Å². The maximum Gasteiger partial charge on any atom is 0.318 e. The van der Waals surface area contributed by atoms with Crippen LogP contribution in [0.4, 0.5) is 5.69 Å². The topological polar surface area (TPSA) is 86.5 Å². The Kier molecular flexibility index (Phi) is 4.63. The van der Waals surface area contributed by atoms with E-state index >= 15 is 0 Å². The first kappa shape index (κ1) is 16.9. The molecule has 0 saturated heterocycles. The molecule has 0 aliphatic heterocycles. The van der Waals surface area contributed by atoms with Crippen LogP contribution in [0.2, 0.25) is 0 Å². The highest BCUT2D eigenvalue weighted by molar-refractivity contribution is 6.06. The first-order valence-corrected chi connectivity index (χ1v) is 7.36. The first-order chi connectivity index (χ1) is 10.7. The van der Waals surface area contributed by atoms with Gasteiger partial charge in [0.05, 0.1) is 4.92 Å². The van der Waals surface area contributed by atoms with Gasteiger partial charge in [0.2, 0.25) is 0 Å². The zero-order valence-electron chi connectivity index (χ0n) is 13.3. The van der Waals surface area contributed by atoms with Gasteiger partial charge in [0, 0.05) is 18.1 Å². The number of esters is 1. The van der Waals surface area contributed by atoms with Gasteiger partial charge in [-0.05, 0) is 38.8 Å². The number of ether oxygens (including phenoxy) is 1. The van der Waals surface area contributed by atoms with Crippen LogP contribution in [0.5, 0.6) is 0 Å². The Bertz CT molecular complexity index is 655. The molecule has 2 atom stereocenters. The predicted molar refractivity (Wildman–Crippen MR) is 83.9 cm³/mol. The average Bonchev–Trinajstić information content (AvgIpc) is 2.45. The molecule has 1 aliphatic rings. The van der Waals surface area contributed by atoms with Crippen molar-refractivity contribution in [2.75, 3.05) is 0 Å². The lowest BCUT2D eigenvalue weighted by Crippen LogP contribution is -2.37. The van der Waals surface area contributed by atoms with E-state index in [2.05, 4.69) is 0 Å².